The zero-order chi connectivity index (χ0) is 23.9. The summed E-state index contributed by atoms with van der Waals surface area (Å²) < 4.78 is 8.40. The highest BCUT2D eigenvalue weighted by Crippen LogP contribution is 2.35. The van der Waals surface area contributed by atoms with Gasteiger partial charge in [-0.1, -0.05) is 84.4 Å². The van der Waals surface area contributed by atoms with Crippen LogP contribution in [-0.2, 0) is 6.54 Å². The lowest BCUT2D eigenvalue weighted by atomic mass is 9.95. The molecule has 0 saturated carbocycles. The number of aromatic nitrogens is 1. The predicted molar refractivity (Wildman–Crippen MR) is 142 cm³/mol. The molecule has 0 aliphatic rings. The van der Waals surface area contributed by atoms with Gasteiger partial charge >= 0.3 is 0 Å². The smallest absolute Gasteiger partial charge is 0.178 e. The monoisotopic (exact) mass is 468 g/mol. The van der Waals surface area contributed by atoms with Gasteiger partial charge in [-0.3, -0.25) is 0 Å². The zero-order valence-corrected chi connectivity index (χ0v) is 20.8. The van der Waals surface area contributed by atoms with Crippen molar-refractivity contribution in [1.29, 1.82) is 0 Å². The molecule has 1 aromatic heterocycles. The minimum atomic E-state index is 0.672. The largest absolute Gasteiger partial charge is 0.493 e. The van der Waals surface area contributed by atoms with Crippen LogP contribution >= 0.6 is 11.6 Å². The number of pyridine rings is 1. The van der Waals surface area contributed by atoms with Gasteiger partial charge in [0.1, 0.15) is 5.75 Å². The van der Waals surface area contributed by atoms with E-state index in [4.69, 9.17) is 16.3 Å². The molecule has 0 fully saturated rings. The zero-order valence-electron chi connectivity index (χ0n) is 20.1. The lowest BCUT2D eigenvalue weighted by Gasteiger charge is -2.13. The highest BCUT2D eigenvalue weighted by Gasteiger charge is 2.13. The van der Waals surface area contributed by atoms with E-state index in [1.54, 1.807) is 0 Å². The third-order valence-electron chi connectivity index (χ3n) is 5.97. The maximum Gasteiger partial charge on any atom is 0.178 e. The minimum absolute atomic E-state index is 0.672. The molecule has 0 saturated heterocycles. The van der Waals surface area contributed by atoms with Crippen molar-refractivity contribution in [3.05, 3.63) is 131 Å². The van der Waals surface area contributed by atoms with E-state index >= 15 is 0 Å². The van der Waals surface area contributed by atoms with Crippen LogP contribution in [0, 0.1) is 20.8 Å². The molecule has 4 rings (SSSR count). The molecule has 2 nitrogen and oxygen atoms in total. The van der Waals surface area contributed by atoms with E-state index in [-0.39, 0.29) is 0 Å². The van der Waals surface area contributed by atoms with Gasteiger partial charge in [0.05, 0.1) is 11.6 Å². The number of ether oxygens (including phenoxy) is 1. The van der Waals surface area contributed by atoms with E-state index in [1.165, 1.54) is 17.0 Å². The van der Waals surface area contributed by atoms with Crippen molar-refractivity contribution in [2.75, 3.05) is 6.61 Å². The molecule has 3 aromatic carbocycles. The molecule has 0 atom stereocenters. The van der Waals surface area contributed by atoms with Gasteiger partial charge in [-0.05, 0) is 41.3 Å². The van der Waals surface area contributed by atoms with Crippen LogP contribution in [0.15, 0.2) is 97.1 Å². The molecule has 0 bridgehead atoms. The predicted octanol–water partition coefficient (Wildman–Crippen LogP) is 7.52. The van der Waals surface area contributed by atoms with E-state index in [1.807, 2.05) is 60.7 Å². The summed E-state index contributed by atoms with van der Waals surface area (Å²) >= 11 is 6.92. The molecule has 0 radical (unpaired) electrons. The van der Waals surface area contributed by atoms with Crippen molar-refractivity contribution in [2.24, 2.45) is 0 Å². The Morgan fingerprint density at radius 3 is 1.82 bits per heavy atom. The van der Waals surface area contributed by atoms with Crippen molar-refractivity contribution in [3.63, 3.8) is 0 Å². The van der Waals surface area contributed by atoms with Crippen molar-refractivity contribution in [3.8, 4) is 5.75 Å². The molecule has 172 valence electrons. The molecule has 0 aliphatic heterocycles. The standard InChI is InChI=1S/C31H31ClNO/c1-23-21-24(2)33(25(3)22-23)19-10-20-34-29-17-15-27(16-18-29)30(26-11-6-4-7-12-26)31(32)28-13-8-5-9-14-28/h4-9,11-18,21-22H,10,19-20H2,1-3H3/q+1/b31-30-. The van der Waals surface area contributed by atoms with Crippen LogP contribution in [-0.4, -0.2) is 6.61 Å². The van der Waals surface area contributed by atoms with Crippen LogP contribution in [0.4, 0.5) is 0 Å². The molecular weight excluding hydrogens is 438 g/mol. The first kappa shape index (κ1) is 23.8. The second-order valence-corrected chi connectivity index (χ2v) is 8.99. The molecule has 4 aromatic rings. The number of hydrogen-bond donors (Lipinski definition) is 0. The molecule has 3 heteroatoms. The fourth-order valence-corrected chi connectivity index (χ4v) is 4.72. The average Bonchev–Trinajstić information content (AvgIpc) is 2.85. The van der Waals surface area contributed by atoms with Gasteiger partial charge in [-0.25, -0.2) is 4.57 Å². The maximum absolute atomic E-state index is 6.92. The summed E-state index contributed by atoms with van der Waals surface area (Å²) in [6.45, 7) is 8.09. The Morgan fingerprint density at radius 1 is 0.706 bits per heavy atom. The van der Waals surface area contributed by atoms with Crippen LogP contribution in [0.1, 0.15) is 40.1 Å². The highest BCUT2D eigenvalue weighted by atomic mass is 35.5. The van der Waals surface area contributed by atoms with Gasteiger partial charge in [0.2, 0.25) is 0 Å². The van der Waals surface area contributed by atoms with Crippen LogP contribution in [0.2, 0.25) is 0 Å². The molecule has 0 unspecified atom stereocenters. The van der Waals surface area contributed by atoms with E-state index in [0.29, 0.717) is 6.61 Å². The first-order valence-corrected chi connectivity index (χ1v) is 12.1. The Hall–Kier alpha value is -3.36. The van der Waals surface area contributed by atoms with Crippen molar-refractivity contribution >= 4 is 22.2 Å². The van der Waals surface area contributed by atoms with E-state index in [2.05, 4.69) is 61.7 Å². The van der Waals surface area contributed by atoms with Crippen molar-refractivity contribution in [1.82, 2.24) is 0 Å². The Morgan fingerprint density at radius 2 is 1.24 bits per heavy atom. The van der Waals surface area contributed by atoms with Gasteiger partial charge in [-0.15, -0.1) is 0 Å². The van der Waals surface area contributed by atoms with Crippen LogP contribution in [0.3, 0.4) is 0 Å². The number of nitrogens with zero attached hydrogens (tertiary/aromatic N) is 1. The molecular formula is C31H31ClNO+. The first-order valence-electron chi connectivity index (χ1n) is 11.7. The van der Waals surface area contributed by atoms with Crippen LogP contribution in [0.5, 0.6) is 5.75 Å². The summed E-state index contributed by atoms with van der Waals surface area (Å²) in [5, 5.41) is 0.737. The summed E-state index contributed by atoms with van der Waals surface area (Å²) in [4.78, 5) is 0. The number of hydrogen-bond acceptors (Lipinski definition) is 1. The highest BCUT2D eigenvalue weighted by molar-refractivity contribution is 6.53. The fourth-order valence-electron chi connectivity index (χ4n) is 4.37. The summed E-state index contributed by atoms with van der Waals surface area (Å²) in [5.41, 5.74) is 8.05. The molecule has 0 N–H and O–H groups in total. The molecule has 34 heavy (non-hydrogen) atoms. The number of rotatable bonds is 8. The minimum Gasteiger partial charge on any atom is -0.493 e. The lowest BCUT2D eigenvalue weighted by Crippen LogP contribution is -2.41. The van der Waals surface area contributed by atoms with Gasteiger partial charge in [0.25, 0.3) is 0 Å². The second-order valence-electron chi connectivity index (χ2n) is 8.61. The Balaban J connectivity index is 1.48. The van der Waals surface area contributed by atoms with Crippen molar-refractivity contribution in [2.45, 2.75) is 33.7 Å². The maximum atomic E-state index is 6.92. The molecule has 0 amide bonds. The van der Waals surface area contributed by atoms with Gasteiger partial charge in [0.15, 0.2) is 17.9 Å². The van der Waals surface area contributed by atoms with E-state index < -0.39 is 0 Å². The van der Waals surface area contributed by atoms with Gasteiger partial charge in [0, 0.05) is 38.0 Å². The van der Waals surface area contributed by atoms with Gasteiger partial charge < -0.3 is 4.74 Å². The van der Waals surface area contributed by atoms with Crippen LogP contribution in [0.25, 0.3) is 10.6 Å². The first-order chi connectivity index (χ1) is 16.5. The third-order valence-corrected chi connectivity index (χ3v) is 6.38. The normalized spacial score (nSPS) is 11.8. The lowest BCUT2D eigenvalue weighted by molar-refractivity contribution is -0.709. The Bertz CT molecular complexity index is 1240. The average molecular weight is 469 g/mol. The van der Waals surface area contributed by atoms with Gasteiger partial charge in [-0.2, -0.15) is 0 Å². The third kappa shape index (κ3) is 5.76. The number of aryl methyl sites for hydroxylation is 3. The van der Waals surface area contributed by atoms with Crippen molar-refractivity contribution < 1.29 is 9.30 Å². The number of benzene rings is 3. The fraction of sp³-hybridized carbons (Fsp3) is 0.194. The van der Waals surface area contributed by atoms with E-state index in [0.717, 1.165) is 46.0 Å². The summed E-state index contributed by atoms with van der Waals surface area (Å²) in [5.74, 6) is 0.870. The molecule has 0 aliphatic carbocycles. The quantitative estimate of drug-likeness (QED) is 0.148. The molecule has 1 heterocycles. The Labute approximate surface area is 208 Å². The second kappa shape index (κ2) is 11.2. The SMILES string of the molecule is Cc1cc(C)[n+](CCCOc2ccc(/C(=C(\Cl)c3ccccc3)c3ccccc3)cc2)c(C)c1. The summed E-state index contributed by atoms with van der Waals surface area (Å²) in [7, 11) is 0. The Kier molecular flexibility index (Phi) is 7.82. The number of halogens is 1. The topological polar surface area (TPSA) is 13.1 Å². The summed E-state index contributed by atoms with van der Waals surface area (Å²) in [6, 6.07) is 33.1. The van der Waals surface area contributed by atoms with E-state index in [9.17, 15) is 0 Å². The van der Waals surface area contributed by atoms with Crippen LogP contribution < -0.4 is 9.30 Å². The molecule has 0 spiro atoms. The summed E-state index contributed by atoms with van der Waals surface area (Å²) in [6.07, 6.45) is 0.951.